The number of thiophene rings is 1. The topological polar surface area (TPSA) is 96.5 Å². The van der Waals surface area contributed by atoms with E-state index in [1.807, 2.05) is 25.1 Å². The molecular weight excluding hydrogens is 354 g/mol. The van der Waals surface area contributed by atoms with Crippen LogP contribution in [0.5, 0.6) is 0 Å². The summed E-state index contributed by atoms with van der Waals surface area (Å²) in [4.78, 5) is 37.6. The van der Waals surface area contributed by atoms with Crippen molar-refractivity contribution in [2.24, 2.45) is 0 Å². The second-order valence-electron chi connectivity index (χ2n) is 5.96. The van der Waals surface area contributed by atoms with Gasteiger partial charge in [0.15, 0.2) is 0 Å². The average Bonchev–Trinajstić information content (AvgIpc) is 2.88. The highest BCUT2D eigenvalue weighted by Crippen LogP contribution is 2.33. The van der Waals surface area contributed by atoms with E-state index < -0.39 is 12.0 Å². The van der Waals surface area contributed by atoms with Crippen molar-refractivity contribution in [2.45, 2.75) is 26.3 Å². The predicted octanol–water partition coefficient (Wildman–Crippen LogP) is 2.91. The maximum absolute atomic E-state index is 12.4. The number of methoxy groups -OCH3 is 1. The van der Waals surface area contributed by atoms with Crippen LogP contribution in [0.15, 0.2) is 24.3 Å². The number of carbonyl (C=O) groups is 3. The van der Waals surface area contributed by atoms with Crippen LogP contribution < -0.4 is 16.0 Å². The maximum Gasteiger partial charge on any atom is 0.341 e. The molecule has 1 atom stereocenters. The lowest BCUT2D eigenvalue weighted by Crippen LogP contribution is -2.41. The second-order valence-corrected chi connectivity index (χ2v) is 7.19. The SMILES string of the molecule is COC(=O)c1c(NC(=O)C[C@H]2Nc3ccccc3NC2=O)sc(C)c1C. The van der Waals surface area contributed by atoms with Crippen LogP contribution in [0.3, 0.4) is 0 Å². The van der Waals surface area contributed by atoms with E-state index in [-0.39, 0.29) is 18.2 Å². The molecule has 2 aromatic rings. The number of amides is 2. The highest BCUT2D eigenvalue weighted by atomic mass is 32.1. The summed E-state index contributed by atoms with van der Waals surface area (Å²) in [6, 6.07) is 6.61. The molecule has 1 aliphatic rings. The Kier molecular flexibility index (Phi) is 4.94. The molecule has 7 nitrogen and oxygen atoms in total. The molecular formula is C18H19N3O4S. The molecule has 0 radical (unpaired) electrons. The third-order valence-corrected chi connectivity index (χ3v) is 5.37. The molecule has 1 aromatic carbocycles. The van der Waals surface area contributed by atoms with Crippen LogP contribution in [0.4, 0.5) is 16.4 Å². The minimum Gasteiger partial charge on any atom is -0.465 e. The zero-order valence-corrected chi connectivity index (χ0v) is 15.5. The first-order chi connectivity index (χ1) is 12.4. The lowest BCUT2D eigenvalue weighted by atomic mass is 10.1. The maximum atomic E-state index is 12.4. The minimum absolute atomic E-state index is 0.0588. The summed E-state index contributed by atoms with van der Waals surface area (Å²) in [5.74, 6) is -1.13. The number of hydrogen-bond donors (Lipinski definition) is 3. The number of nitrogens with one attached hydrogen (secondary N) is 3. The minimum atomic E-state index is -0.686. The molecule has 136 valence electrons. The first-order valence-corrected chi connectivity index (χ1v) is 8.87. The second kappa shape index (κ2) is 7.17. The molecule has 0 saturated carbocycles. The van der Waals surface area contributed by atoms with Gasteiger partial charge in [-0.1, -0.05) is 12.1 Å². The molecule has 0 saturated heterocycles. The first kappa shape index (κ1) is 17.9. The number of benzene rings is 1. The molecule has 0 fully saturated rings. The van der Waals surface area contributed by atoms with E-state index in [2.05, 4.69) is 16.0 Å². The number of aryl methyl sites for hydroxylation is 1. The average molecular weight is 373 g/mol. The van der Waals surface area contributed by atoms with Crippen molar-refractivity contribution in [1.29, 1.82) is 0 Å². The number of fused-ring (bicyclic) bond motifs is 1. The fourth-order valence-corrected chi connectivity index (χ4v) is 3.83. The Morgan fingerprint density at radius 3 is 2.62 bits per heavy atom. The molecule has 2 amide bonds. The van der Waals surface area contributed by atoms with Gasteiger partial charge in [0.25, 0.3) is 0 Å². The van der Waals surface area contributed by atoms with Gasteiger partial charge in [0.05, 0.1) is 30.5 Å². The fourth-order valence-electron chi connectivity index (χ4n) is 2.76. The van der Waals surface area contributed by atoms with Crippen molar-refractivity contribution < 1.29 is 19.1 Å². The number of ether oxygens (including phenoxy) is 1. The number of rotatable bonds is 4. The van der Waals surface area contributed by atoms with Crippen LogP contribution in [0.25, 0.3) is 0 Å². The van der Waals surface area contributed by atoms with Gasteiger partial charge in [-0.05, 0) is 31.5 Å². The van der Waals surface area contributed by atoms with Gasteiger partial charge in [-0.25, -0.2) is 4.79 Å². The molecule has 26 heavy (non-hydrogen) atoms. The normalized spacial score (nSPS) is 15.5. The summed E-state index contributed by atoms with van der Waals surface area (Å²) in [5, 5.41) is 9.02. The molecule has 0 aliphatic carbocycles. The molecule has 0 unspecified atom stereocenters. The molecule has 0 bridgehead atoms. The monoisotopic (exact) mass is 373 g/mol. The summed E-state index contributed by atoms with van der Waals surface area (Å²) < 4.78 is 4.80. The van der Waals surface area contributed by atoms with Crippen LogP contribution in [0, 0.1) is 13.8 Å². The predicted molar refractivity (Wildman–Crippen MR) is 101 cm³/mol. The number of esters is 1. The van der Waals surface area contributed by atoms with Gasteiger partial charge in [-0.3, -0.25) is 9.59 Å². The Hall–Kier alpha value is -2.87. The Morgan fingerprint density at radius 1 is 1.23 bits per heavy atom. The number of anilines is 3. The van der Waals surface area contributed by atoms with Crippen molar-refractivity contribution in [3.05, 3.63) is 40.3 Å². The molecule has 3 rings (SSSR count). The lowest BCUT2D eigenvalue weighted by Gasteiger charge is -2.26. The third-order valence-electron chi connectivity index (χ3n) is 4.25. The van der Waals surface area contributed by atoms with Gasteiger partial charge in [0.1, 0.15) is 11.0 Å². The van der Waals surface area contributed by atoms with Crippen molar-refractivity contribution in [3.63, 3.8) is 0 Å². The van der Waals surface area contributed by atoms with E-state index in [4.69, 9.17) is 4.74 Å². The molecule has 2 heterocycles. The zero-order valence-electron chi connectivity index (χ0n) is 14.6. The van der Waals surface area contributed by atoms with Crippen molar-refractivity contribution in [3.8, 4) is 0 Å². The van der Waals surface area contributed by atoms with Gasteiger partial charge >= 0.3 is 5.97 Å². The summed E-state index contributed by atoms with van der Waals surface area (Å²) >= 11 is 1.31. The van der Waals surface area contributed by atoms with E-state index in [0.717, 1.165) is 16.1 Å². The van der Waals surface area contributed by atoms with Gasteiger partial charge in [-0.15, -0.1) is 11.3 Å². The van der Waals surface area contributed by atoms with E-state index in [1.165, 1.54) is 18.4 Å². The highest BCUT2D eigenvalue weighted by molar-refractivity contribution is 7.16. The van der Waals surface area contributed by atoms with Crippen LogP contribution >= 0.6 is 11.3 Å². The van der Waals surface area contributed by atoms with Crippen LogP contribution in [0.2, 0.25) is 0 Å². The van der Waals surface area contributed by atoms with Crippen molar-refractivity contribution in [1.82, 2.24) is 0 Å². The number of para-hydroxylation sites is 2. The summed E-state index contributed by atoms with van der Waals surface area (Å²) in [5.41, 5.74) is 2.59. The molecule has 1 aliphatic heterocycles. The van der Waals surface area contributed by atoms with Crippen LogP contribution in [0.1, 0.15) is 27.2 Å². The van der Waals surface area contributed by atoms with E-state index in [9.17, 15) is 14.4 Å². The van der Waals surface area contributed by atoms with E-state index in [1.54, 1.807) is 13.0 Å². The molecule has 8 heteroatoms. The Bertz CT molecular complexity index is 891. The lowest BCUT2D eigenvalue weighted by molar-refractivity contribution is -0.122. The summed E-state index contributed by atoms with van der Waals surface area (Å²) in [6.07, 6.45) is -0.0588. The number of hydrogen-bond acceptors (Lipinski definition) is 6. The molecule has 1 aromatic heterocycles. The first-order valence-electron chi connectivity index (χ1n) is 8.05. The standard InChI is InChI=1S/C18H19N3O4S/c1-9-10(2)26-17(15(9)18(24)25-3)21-14(22)8-13-16(23)20-12-7-5-4-6-11(12)19-13/h4-7,13,19H,8H2,1-3H3,(H,20,23)(H,21,22)/t13-/m1/s1. The smallest absolute Gasteiger partial charge is 0.341 e. The van der Waals surface area contributed by atoms with Gasteiger partial charge in [-0.2, -0.15) is 0 Å². The van der Waals surface area contributed by atoms with E-state index in [0.29, 0.717) is 16.3 Å². The third kappa shape index (κ3) is 3.41. The van der Waals surface area contributed by atoms with E-state index >= 15 is 0 Å². The molecule has 0 spiro atoms. The van der Waals surface area contributed by atoms with Gasteiger partial charge < -0.3 is 20.7 Å². The van der Waals surface area contributed by atoms with Gasteiger partial charge in [0.2, 0.25) is 11.8 Å². The zero-order chi connectivity index (χ0) is 18.8. The highest BCUT2D eigenvalue weighted by Gasteiger charge is 2.28. The number of carbonyl (C=O) groups excluding carboxylic acids is 3. The Balaban J connectivity index is 1.73. The van der Waals surface area contributed by atoms with Crippen LogP contribution in [-0.2, 0) is 14.3 Å². The summed E-state index contributed by atoms with van der Waals surface area (Å²) in [7, 11) is 1.30. The summed E-state index contributed by atoms with van der Waals surface area (Å²) in [6.45, 7) is 3.68. The quantitative estimate of drug-likeness (QED) is 0.716. The Labute approximate surface area is 154 Å². The largest absolute Gasteiger partial charge is 0.465 e. The van der Waals surface area contributed by atoms with Gasteiger partial charge in [0, 0.05) is 4.88 Å². The molecule has 3 N–H and O–H groups in total. The van der Waals surface area contributed by atoms with Crippen LogP contribution in [-0.4, -0.2) is 30.9 Å². The Morgan fingerprint density at radius 2 is 1.92 bits per heavy atom. The van der Waals surface area contributed by atoms with Crippen molar-refractivity contribution >= 4 is 45.5 Å². The fraction of sp³-hybridized carbons (Fsp3) is 0.278. The van der Waals surface area contributed by atoms with Crippen molar-refractivity contribution in [2.75, 3.05) is 23.1 Å².